The van der Waals surface area contributed by atoms with E-state index < -0.39 is 0 Å². The lowest BCUT2D eigenvalue weighted by Gasteiger charge is -2.06. The Bertz CT molecular complexity index is 607. The average Bonchev–Trinajstić information content (AvgIpc) is 2.41. The normalized spacial score (nSPS) is 9.83. The summed E-state index contributed by atoms with van der Waals surface area (Å²) in [4.78, 5) is 1.91. The van der Waals surface area contributed by atoms with Gasteiger partial charge in [0.2, 0.25) is 0 Å². The lowest BCUT2D eigenvalue weighted by molar-refractivity contribution is 0.413. The second-order valence-corrected chi connectivity index (χ2v) is 5.09. The van der Waals surface area contributed by atoms with Crippen LogP contribution in [0.4, 0.5) is 0 Å². The summed E-state index contributed by atoms with van der Waals surface area (Å²) in [5.74, 6) is 0.799. The smallest absolute Gasteiger partial charge is 0.119 e. The van der Waals surface area contributed by atoms with Gasteiger partial charge in [0.15, 0.2) is 0 Å². The molecular formula is C14H10ClNOS. The van der Waals surface area contributed by atoms with Crippen molar-refractivity contribution in [3.05, 3.63) is 53.1 Å². The van der Waals surface area contributed by atoms with E-state index in [-0.39, 0.29) is 0 Å². The Morgan fingerprint density at radius 3 is 2.78 bits per heavy atom. The van der Waals surface area contributed by atoms with Gasteiger partial charge in [-0.2, -0.15) is 5.26 Å². The second kappa shape index (κ2) is 5.81. The van der Waals surface area contributed by atoms with E-state index in [0.717, 1.165) is 15.5 Å². The SMILES string of the molecule is COc1cccc(Sc2ccc(Cl)cc2C#N)c1. The van der Waals surface area contributed by atoms with Crippen LogP contribution in [0.2, 0.25) is 5.02 Å². The minimum atomic E-state index is 0.571. The molecule has 0 radical (unpaired) electrons. The van der Waals surface area contributed by atoms with Crippen LogP contribution in [0.1, 0.15) is 5.56 Å². The van der Waals surface area contributed by atoms with Crippen LogP contribution >= 0.6 is 23.4 Å². The van der Waals surface area contributed by atoms with Gasteiger partial charge >= 0.3 is 0 Å². The molecule has 0 bridgehead atoms. The Balaban J connectivity index is 2.31. The van der Waals surface area contributed by atoms with Crippen molar-refractivity contribution < 1.29 is 4.74 Å². The molecule has 0 atom stereocenters. The Kier molecular flexibility index (Phi) is 4.14. The number of benzene rings is 2. The molecule has 0 aliphatic carbocycles. The summed E-state index contributed by atoms with van der Waals surface area (Å²) in [6, 6.07) is 15.2. The predicted octanol–water partition coefficient (Wildman–Crippen LogP) is 4.37. The van der Waals surface area contributed by atoms with E-state index in [9.17, 15) is 0 Å². The first kappa shape index (κ1) is 12.8. The van der Waals surface area contributed by atoms with E-state index in [1.54, 1.807) is 19.2 Å². The fourth-order valence-electron chi connectivity index (χ4n) is 1.47. The molecule has 0 aromatic heterocycles. The number of methoxy groups -OCH3 is 1. The Labute approximate surface area is 115 Å². The number of rotatable bonds is 3. The summed E-state index contributed by atoms with van der Waals surface area (Å²) in [6.45, 7) is 0. The highest BCUT2D eigenvalue weighted by Gasteiger charge is 2.05. The summed E-state index contributed by atoms with van der Waals surface area (Å²) >= 11 is 7.38. The highest BCUT2D eigenvalue weighted by Crippen LogP contribution is 2.33. The number of ether oxygens (including phenoxy) is 1. The molecule has 0 fully saturated rings. The maximum Gasteiger partial charge on any atom is 0.119 e. The number of nitrogens with zero attached hydrogens (tertiary/aromatic N) is 1. The fourth-order valence-corrected chi connectivity index (χ4v) is 2.57. The summed E-state index contributed by atoms with van der Waals surface area (Å²) in [5, 5.41) is 9.65. The van der Waals surface area contributed by atoms with E-state index in [2.05, 4.69) is 6.07 Å². The van der Waals surface area contributed by atoms with Gasteiger partial charge < -0.3 is 4.74 Å². The molecule has 0 amide bonds. The van der Waals surface area contributed by atoms with Crippen LogP contribution in [-0.4, -0.2) is 7.11 Å². The monoisotopic (exact) mass is 275 g/mol. The first-order valence-corrected chi connectivity index (χ1v) is 6.44. The van der Waals surface area contributed by atoms with Crippen LogP contribution in [0.3, 0.4) is 0 Å². The van der Waals surface area contributed by atoms with Crippen LogP contribution in [-0.2, 0) is 0 Å². The molecule has 0 N–H and O–H groups in total. The van der Waals surface area contributed by atoms with E-state index in [4.69, 9.17) is 21.6 Å². The van der Waals surface area contributed by atoms with Crippen molar-refractivity contribution >= 4 is 23.4 Å². The molecule has 2 aromatic rings. The van der Waals surface area contributed by atoms with Gasteiger partial charge in [0.1, 0.15) is 11.8 Å². The summed E-state index contributed by atoms with van der Waals surface area (Å²) in [6.07, 6.45) is 0. The number of hydrogen-bond donors (Lipinski definition) is 0. The topological polar surface area (TPSA) is 33.0 Å². The molecule has 18 heavy (non-hydrogen) atoms. The van der Waals surface area contributed by atoms with Gasteiger partial charge in [0.25, 0.3) is 0 Å². The molecule has 2 nitrogen and oxygen atoms in total. The van der Waals surface area contributed by atoms with Crippen molar-refractivity contribution in [2.45, 2.75) is 9.79 Å². The molecule has 0 aliphatic rings. The van der Waals surface area contributed by atoms with Crippen molar-refractivity contribution in [2.75, 3.05) is 7.11 Å². The molecule has 2 rings (SSSR count). The average molecular weight is 276 g/mol. The molecule has 0 aliphatic heterocycles. The van der Waals surface area contributed by atoms with Crippen molar-refractivity contribution in [3.8, 4) is 11.8 Å². The van der Waals surface area contributed by atoms with Crippen molar-refractivity contribution in [1.82, 2.24) is 0 Å². The minimum Gasteiger partial charge on any atom is -0.497 e. The van der Waals surface area contributed by atoms with Gasteiger partial charge in [-0.15, -0.1) is 0 Å². The molecule has 0 heterocycles. The van der Waals surface area contributed by atoms with E-state index in [0.29, 0.717) is 10.6 Å². The largest absolute Gasteiger partial charge is 0.497 e. The van der Waals surface area contributed by atoms with Crippen molar-refractivity contribution in [1.29, 1.82) is 5.26 Å². The van der Waals surface area contributed by atoms with Gasteiger partial charge in [-0.25, -0.2) is 0 Å². The lowest BCUT2D eigenvalue weighted by Crippen LogP contribution is -1.84. The van der Waals surface area contributed by atoms with Crippen LogP contribution in [0.25, 0.3) is 0 Å². The van der Waals surface area contributed by atoms with Crippen LogP contribution in [0.15, 0.2) is 52.3 Å². The Morgan fingerprint density at radius 2 is 2.06 bits per heavy atom. The quantitative estimate of drug-likeness (QED) is 0.834. The molecule has 90 valence electrons. The zero-order chi connectivity index (χ0) is 13.0. The Hall–Kier alpha value is -1.63. The lowest BCUT2D eigenvalue weighted by atomic mass is 10.2. The third kappa shape index (κ3) is 2.98. The van der Waals surface area contributed by atoms with E-state index in [1.165, 1.54) is 11.8 Å². The highest BCUT2D eigenvalue weighted by molar-refractivity contribution is 7.99. The van der Waals surface area contributed by atoms with Crippen molar-refractivity contribution in [2.24, 2.45) is 0 Å². The summed E-state index contributed by atoms with van der Waals surface area (Å²) in [7, 11) is 1.63. The van der Waals surface area contributed by atoms with Crippen molar-refractivity contribution in [3.63, 3.8) is 0 Å². The zero-order valence-electron chi connectivity index (χ0n) is 9.68. The number of halogens is 1. The molecule has 0 saturated heterocycles. The maximum absolute atomic E-state index is 9.07. The van der Waals surface area contributed by atoms with E-state index in [1.807, 2.05) is 30.3 Å². The summed E-state index contributed by atoms with van der Waals surface area (Å²) in [5.41, 5.74) is 0.579. The van der Waals surface area contributed by atoms with E-state index >= 15 is 0 Å². The second-order valence-electron chi connectivity index (χ2n) is 3.53. The first-order chi connectivity index (χ1) is 8.72. The van der Waals surface area contributed by atoms with Crippen LogP contribution < -0.4 is 4.74 Å². The molecule has 4 heteroatoms. The molecular weight excluding hydrogens is 266 g/mol. The van der Waals surface area contributed by atoms with Crippen LogP contribution in [0.5, 0.6) is 5.75 Å². The third-order valence-corrected chi connectivity index (χ3v) is 3.63. The highest BCUT2D eigenvalue weighted by atomic mass is 35.5. The minimum absolute atomic E-state index is 0.571. The molecule has 0 unspecified atom stereocenters. The number of hydrogen-bond acceptors (Lipinski definition) is 3. The molecule has 0 saturated carbocycles. The maximum atomic E-state index is 9.07. The van der Waals surface area contributed by atoms with Gasteiger partial charge in [-0.1, -0.05) is 29.4 Å². The van der Waals surface area contributed by atoms with Gasteiger partial charge in [-0.3, -0.25) is 0 Å². The standard InChI is InChI=1S/C14H10ClNOS/c1-17-12-3-2-4-13(8-12)18-14-6-5-11(15)7-10(14)9-16/h2-8H,1H3. The molecule has 2 aromatic carbocycles. The Morgan fingerprint density at radius 1 is 1.22 bits per heavy atom. The van der Waals surface area contributed by atoms with Gasteiger partial charge in [-0.05, 0) is 36.4 Å². The fraction of sp³-hybridized carbons (Fsp3) is 0.0714. The van der Waals surface area contributed by atoms with Gasteiger partial charge in [0.05, 0.1) is 12.7 Å². The van der Waals surface area contributed by atoms with Crippen LogP contribution in [0, 0.1) is 11.3 Å². The zero-order valence-corrected chi connectivity index (χ0v) is 11.3. The first-order valence-electron chi connectivity index (χ1n) is 5.24. The summed E-state index contributed by atoms with van der Waals surface area (Å²) < 4.78 is 5.17. The third-order valence-electron chi connectivity index (χ3n) is 2.33. The predicted molar refractivity (Wildman–Crippen MR) is 73.3 cm³/mol. The molecule has 0 spiro atoms. The number of nitriles is 1. The van der Waals surface area contributed by atoms with Gasteiger partial charge in [0, 0.05) is 14.8 Å².